The van der Waals surface area contributed by atoms with Gasteiger partial charge >= 0.3 is 6.03 Å². The van der Waals surface area contributed by atoms with E-state index in [0.29, 0.717) is 44.5 Å². The number of nitro benzene ring substituents is 1. The number of halogens is 2. The Hall–Kier alpha value is -5.20. The highest BCUT2D eigenvalue weighted by Gasteiger charge is 2.37. The summed E-state index contributed by atoms with van der Waals surface area (Å²) in [6.07, 6.45) is 1.35. The highest BCUT2D eigenvalue weighted by Crippen LogP contribution is 2.38. The summed E-state index contributed by atoms with van der Waals surface area (Å²) in [6.45, 7) is 2.40. The standard InChI is InChI=1S/C33H25BrClN3O8/c1-2-44-29-17-21(16-27(34)30(29)46-18-20-7-9-24(10-8-20)38(42)43)15-26-31(39)36-33(41)37(32(26)40)23-11-13-25(14-12-23)45-19-22-5-3-4-6-28(22)35/h3-17H,2,18-19H2,1H3,(H,36,39,41)/b26-15+. The largest absolute Gasteiger partial charge is 0.490 e. The van der Waals surface area contributed by atoms with Crippen molar-refractivity contribution >= 4 is 62.8 Å². The summed E-state index contributed by atoms with van der Waals surface area (Å²) in [7, 11) is 0. The Morgan fingerprint density at radius 3 is 2.33 bits per heavy atom. The maximum atomic E-state index is 13.5. The Bertz CT molecular complexity index is 1850. The number of nitrogens with one attached hydrogen (secondary N) is 1. The summed E-state index contributed by atoms with van der Waals surface area (Å²) in [5.41, 5.74) is 1.85. The number of benzene rings is 4. The maximum Gasteiger partial charge on any atom is 0.335 e. The van der Waals surface area contributed by atoms with Gasteiger partial charge in [-0.2, -0.15) is 0 Å². The topological polar surface area (TPSA) is 137 Å². The second-order valence-electron chi connectivity index (χ2n) is 9.81. The number of anilines is 1. The van der Waals surface area contributed by atoms with Crippen molar-refractivity contribution in [3.05, 3.63) is 127 Å². The molecule has 1 fully saturated rings. The van der Waals surface area contributed by atoms with Crippen LogP contribution in [0.5, 0.6) is 17.2 Å². The number of nitrogens with zero attached hydrogens (tertiary/aromatic N) is 2. The van der Waals surface area contributed by atoms with Crippen LogP contribution < -0.4 is 24.4 Å². The summed E-state index contributed by atoms with van der Waals surface area (Å²) in [6, 6.07) is 21.9. The lowest BCUT2D eigenvalue weighted by atomic mass is 10.1. The van der Waals surface area contributed by atoms with Crippen molar-refractivity contribution in [1.82, 2.24) is 5.32 Å². The molecular weight excluding hydrogens is 682 g/mol. The Kier molecular flexibility index (Phi) is 9.99. The van der Waals surface area contributed by atoms with Crippen molar-refractivity contribution in [2.24, 2.45) is 0 Å². The monoisotopic (exact) mass is 705 g/mol. The molecule has 0 aliphatic carbocycles. The van der Waals surface area contributed by atoms with E-state index in [1.165, 1.54) is 30.3 Å². The molecule has 4 aromatic carbocycles. The minimum atomic E-state index is -0.886. The predicted octanol–water partition coefficient (Wildman–Crippen LogP) is 7.23. The molecule has 0 aromatic heterocycles. The Morgan fingerprint density at radius 2 is 1.65 bits per heavy atom. The van der Waals surface area contributed by atoms with Crippen molar-refractivity contribution in [2.45, 2.75) is 20.1 Å². The smallest absolute Gasteiger partial charge is 0.335 e. The zero-order valence-electron chi connectivity index (χ0n) is 24.2. The van der Waals surface area contributed by atoms with Gasteiger partial charge in [0.25, 0.3) is 17.5 Å². The van der Waals surface area contributed by atoms with Gasteiger partial charge in [0.1, 0.15) is 24.5 Å². The van der Waals surface area contributed by atoms with Crippen LogP contribution in [0.3, 0.4) is 0 Å². The van der Waals surface area contributed by atoms with Crippen molar-refractivity contribution in [2.75, 3.05) is 11.5 Å². The minimum Gasteiger partial charge on any atom is -0.490 e. The number of ether oxygens (including phenoxy) is 3. The number of urea groups is 1. The lowest BCUT2D eigenvalue weighted by Gasteiger charge is -2.26. The van der Waals surface area contributed by atoms with Gasteiger partial charge in [0.05, 0.1) is 21.7 Å². The van der Waals surface area contributed by atoms with E-state index < -0.39 is 22.8 Å². The van der Waals surface area contributed by atoms with Gasteiger partial charge < -0.3 is 14.2 Å². The van der Waals surface area contributed by atoms with E-state index in [9.17, 15) is 24.5 Å². The molecule has 1 saturated heterocycles. The number of hydrogen-bond donors (Lipinski definition) is 1. The van der Waals surface area contributed by atoms with Gasteiger partial charge in [0.15, 0.2) is 11.5 Å². The van der Waals surface area contributed by atoms with Crippen LogP contribution in [-0.2, 0) is 22.8 Å². The highest BCUT2D eigenvalue weighted by molar-refractivity contribution is 9.10. The number of barbiturate groups is 1. The van der Waals surface area contributed by atoms with E-state index in [1.807, 2.05) is 18.2 Å². The summed E-state index contributed by atoms with van der Waals surface area (Å²) >= 11 is 9.66. The minimum absolute atomic E-state index is 0.0329. The summed E-state index contributed by atoms with van der Waals surface area (Å²) in [4.78, 5) is 50.4. The first kappa shape index (κ1) is 32.2. The van der Waals surface area contributed by atoms with Crippen molar-refractivity contribution in [1.29, 1.82) is 0 Å². The molecule has 0 saturated carbocycles. The highest BCUT2D eigenvalue weighted by atomic mass is 79.9. The first-order valence-corrected chi connectivity index (χ1v) is 15.0. The first-order valence-electron chi connectivity index (χ1n) is 13.8. The zero-order chi connectivity index (χ0) is 32.8. The zero-order valence-corrected chi connectivity index (χ0v) is 26.5. The third-order valence-corrected chi connectivity index (χ3v) is 7.68. The van der Waals surface area contributed by atoms with Crippen molar-refractivity contribution in [3.63, 3.8) is 0 Å². The van der Waals surface area contributed by atoms with E-state index in [2.05, 4.69) is 21.2 Å². The molecule has 0 bridgehead atoms. The van der Waals surface area contributed by atoms with Crippen LogP contribution >= 0.6 is 27.5 Å². The lowest BCUT2D eigenvalue weighted by molar-refractivity contribution is -0.384. The number of nitro groups is 1. The summed E-state index contributed by atoms with van der Waals surface area (Å²) in [5.74, 6) is -0.487. The molecule has 4 amide bonds. The van der Waals surface area contributed by atoms with Crippen LogP contribution in [0.4, 0.5) is 16.2 Å². The molecule has 1 N–H and O–H groups in total. The number of amides is 4. The number of hydrogen-bond acceptors (Lipinski definition) is 8. The average Bonchev–Trinajstić information content (AvgIpc) is 3.03. The second kappa shape index (κ2) is 14.3. The Morgan fingerprint density at radius 1 is 0.935 bits per heavy atom. The number of rotatable bonds is 11. The molecule has 1 aliphatic rings. The molecule has 13 heteroatoms. The average molecular weight is 707 g/mol. The van der Waals surface area contributed by atoms with Crippen LogP contribution in [0.25, 0.3) is 6.08 Å². The quantitative estimate of drug-likeness (QED) is 0.0746. The van der Waals surface area contributed by atoms with Gasteiger partial charge in [-0.1, -0.05) is 29.8 Å². The molecule has 1 heterocycles. The van der Waals surface area contributed by atoms with Crippen LogP contribution in [-0.4, -0.2) is 29.4 Å². The fraction of sp³-hybridized carbons (Fsp3) is 0.121. The number of non-ortho nitro benzene ring substituents is 1. The summed E-state index contributed by atoms with van der Waals surface area (Å²) < 4.78 is 18.0. The van der Waals surface area contributed by atoms with Crippen LogP contribution in [0.1, 0.15) is 23.6 Å². The fourth-order valence-corrected chi connectivity index (χ4v) is 5.23. The van der Waals surface area contributed by atoms with Gasteiger partial charge in [-0.05, 0) is 94.7 Å². The van der Waals surface area contributed by atoms with Gasteiger partial charge in [0, 0.05) is 22.7 Å². The van der Waals surface area contributed by atoms with E-state index in [0.717, 1.165) is 10.5 Å². The summed E-state index contributed by atoms with van der Waals surface area (Å²) in [5, 5.41) is 13.7. The van der Waals surface area contributed by atoms with Gasteiger partial charge in [0.2, 0.25) is 0 Å². The van der Waals surface area contributed by atoms with Crippen LogP contribution in [0.2, 0.25) is 5.02 Å². The molecule has 0 atom stereocenters. The molecule has 0 unspecified atom stereocenters. The van der Waals surface area contributed by atoms with Crippen molar-refractivity contribution < 1.29 is 33.5 Å². The maximum absolute atomic E-state index is 13.5. The third kappa shape index (κ3) is 7.36. The Labute approximate surface area is 276 Å². The molecule has 0 spiro atoms. The van der Waals surface area contributed by atoms with E-state index in [4.69, 9.17) is 25.8 Å². The fourth-order valence-electron chi connectivity index (χ4n) is 4.47. The normalized spacial score (nSPS) is 13.8. The molecule has 4 aromatic rings. The second-order valence-corrected chi connectivity index (χ2v) is 11.1. The predicted molar refractivity (Wildman–Crippen MR) is 174 cm³/mol. The van der Waals surface area contributed by atoms with E-state index in [1.54, 1.807) is 49.4 Å². The van der Waals surface area contributed by atoms with Crippen molar-refractivity contribution in [3.8, 4) is 17.2 Å². The SMILES string of the molecule is CCOc1cc(/C=C2\C(=O)NC(=O)N(c3ccc(OCc4ccccc4Cl)cc3)C2=O)cc(Br)c1OCc1ccc([N+](=O)[O-])cc1. The van der Waals surface area contributed by atoms with Gasteiger partial charge in [-0.15, -0.1) is 0 Å². The number of carbonyl (C=O) groups excluding carboxylic acids is 3. The Balaban J connectivity index is 1.34. The molecule has 46 heavy (non-hydrogen) atoms. The van der Waals surface area contributed by atoms with Crippen LogP contribution in [0, 0.1) is 10.1 Å². The van der Waals surface area contributed by atoms with Gasteiger partial charge in [-0.3, -0.25) is 25.0 Å². The molecule has 5 rings (SSSR count). The third-order valence-electron chi connectivity index (χ3n) is 6.72. The number of imide groups is 2. The molecular formula is C33H25BrClN3O8. The van der Waals surface area contributed by atoms with Crippen LogP contribution in [0.15, 0.2) is 95.0 Å². The molecule has 0 radical (unpaired) electrons. The van der Waals surface area contributed by atoms with E-state index >= 15 is 0 Å². The number of carbonyl (C=O) groups is 3. The molecule has 11 nitrogen and oxygen atoms in total. The first-order chi connectivity index (χ1) is 22.1. The lowest BCUT2D eigenvalue weighted by Crippen LogP contribution is -2.54. The molecule has 1 aliphatic heterocycles. The van der Waals surface area contributed by atoms with Gasteiger partial charge in [-0.25, -0.2) is 9.69 Å². The molecule has 234 valence electrons. The van der Waals surface area contributed by atoms with E-state index in [-0.39, 0.29) is 30.2 Å².